The molecule has 0 aliphatic heterocycles. The highest BCUT2D eigenvalue weighted by Gasteiger charge is 2.03. The fraction of sp³-hybridized carbons (Fsp3) is 0.857. The predicted molar refractivity (Wildman–Crippen MR) is 46.8 cm³/mol. The lowest BCUT2D eigenvalue weighted by atomic mass is 10.5. The molecule has 0 unspecified atom stereocenters. The van der Waals surface area contributed by atoms with Crippen molar-refractivity contribution in [1.29, 1.82) is 0 Å². The van der Waals surface area contributed by atoms with Crippen LogP contribution in [0.4, 0.5) is 0 Å². The third-order valence-corrected chi connectivity index (χ3v) is 1.54. The molecule has 0 amide bonds. The number of nitrogens with two attached hydrogens (primary N) is 1. The van der Waals surface area contributed by atoms with Gasteiger partial charge in [0.2, 0.25) is 0 Å². The van der Waals surface area contributed by atoms with Crippen molar-refractivity contribution >= 4 is 0 Å². The highest BCUT2D eigenvalue weighted by molar-refractivity contribution is 4.77. The van der Waals surface area contributed by atoms with Crippen LogP contribution in [0.2, 0.25) is 0 Å². The molecule has 6 nitrogen and oxygen atoms in total. The van der Waals surface area contributed by atoms with Gasteiger partial charge in [-0.25, -0.2) is 4.68 Å². The largest absolute Gasteiger partial charge is 0.377 e. The third kappa shape index (κ3) is 3.08. The number of tetrazole rings is 1. The minimum Gasteiger partial charge on any atom is -0.377 e. The van der Waals surface area contributed by atoms with Crippen molar-refractivity contribution in [2.24, 2.45) is 5.73 Å². The van der Waals surface area contributed by atoms with Crippen LogP contribution >= 0.6 is 0 Å². The normalized spacial score (nSPS) is 11.1. The second-order valence-corrected chi connectivity index (χ2v) is 2.94. The summed E-state index contributed by atoms with van der Waals surface area (Å²) in [7, 11) is 0. The highest BCUT2D eigenvalue weighted by atomic mass is 16.5. The van der Waals surface area contributed by atoms with E-state index < -0.39 is 0 Å². The van der Waals surface area contributed by atoms with Gasteiger partial charge >= 0.3 is 0 Å². The molecule has 0 aliphatic rings. The van der Waals surface area contributed by atoms with Gasteiger partial charge < -0.3 is 10.5 Å². The first-order valence-electron chi connectivity index (χ1n) is 4.30. The SMILES string of the molecule is CC(C)OCCn1nnnc1CN. The lowest BCUT2D eigenvalue weighted by molar-refractivity contribution is 0.0702. The van der Waals surface area contributed by atoms with Crippen molar-refractivity contribution in [3.05, 3.63) is 5.82 Å². The fourth-order valence-electron chi connectivity index (χ4n) is 0.918. The van der Waals surface area contributed by atoms with Gasteiger partial charge in [-0.1, -0.05) is 0 Å². The fourth-order valence-corrected chi connectivity index (χ4v) is 0.918. The summed E-state index contributed by atoms with van der Waals surface area (Å²) in [4.78, 5) is 0. The van der Waals surface area contributed by atoms with E-state index in [9.17, 15) is 0 Å². The maximum atomic E-state index is 5.42. The van der Waals surface area contributed by atoms with Gasteiger partial charge in [-0.15, -0.1) is 5.10 Å². The van der Waals surface area contributed by atoms with Crippen molar-refractivity contribution in [3.8, 4) is 0 Å². The van der Waals surface area contributed by atoms with Crippen LogP contribution in [-0.2, 0) is 17.8 Å². The quantitative estimate of drug-likeness (QED) is 0.672. The topological polar surface area (TPSA) is 78.8 Å². The molecule has 0 fully saturated rings. The summed E-state index contributed by atoms with van der Waals surface area (Å²) in [6, 6.07) is 0. The maximum absolute atomic E-state index is 5.42. The molecule has 1 aromatic rings. The molecule has 0 bridgehead atoms. The molecule has 0 spiro atoms. The van der Waals surface area contributed by atoms with Crippen LogP contribution in [0.3, 0.4) is 0 Å². The first kappa shape index (κ1) is 10.1. The van der Waals surface area contributed by atoms with E-state index >= 15 is 0 Å². The van der Waals surface area contributed by atoms with Crippen molar-refractivity contribution in [2.45, 2.75) is 33.0 Å². The monoisotopic (exact) mass is 185 g/mol. The Balaban J connectivity index is 2.36. The lowest BCUT2D eigenvalue weighted by Crippen LogP contribution is -2.15. The van der Waals surface area contributed by atoms with Crippen molar-refractivity contribution in [3.63, 3.8) is 0 Å². The number of aromatic nitrogens is 4. The summed E-state index contributed by atoms with van der Waals surface area (Å²) in [5, 5.41) is 11.1. The predicted octanol–water partition coefficient (Wildman–Crippen LogP) is -0.443. The Kier molecular flexibility index (Phi) is 3.78. The Morgan fingerprint density at radius 2 is 2.31 bits per heavy atom. The van der Waals surface area contributed by atoms with Crippen molar-refractivity contribution in [1.82, 2.24) is 20.2 Å². The zero-order chi connectivity index (χ0) is 9.68. The van der Waals surface area contributed by atoms with Crippen LogP contribution in [0.5, 0.6) is 0 Å². The van der Waals surface area contributed by atoms with Crippen LogP contribution in [0, 0.1) is 0 Å². The summed E-state index contributed by atoms with van der Waals surface area (Å²) in [5.74, 6) is 0.687. The number of ether oxygens (including phenoxy) is 1. The van der Waals surface area contributed by atoms with Crippen LogP contribution in [0.1, 0.15) is 19.7 Å². The van der Waals surface area contributed by atoms with Gasteiger partial charge in [0.15, 0.2) is 5.82 Å². The Morgan fingerprint density at radius 3 is 2.92 bits per heavy atom. The first-order valence-corrected chi connectivity index (χ1v) is 4.30. The van der Waals surface area contributed by atoms with Gasteiger partial charge in [-0.05, 0) is 24.3 Å². The van der Waals surface area contributed by atoms with E-state index in [4.69, 9.17) is 10.5 Å². The molecule has 1 rings (SSSR count). The first-order chi connectivity index (χ1) is 6.24. The number of hydrogen-bond donors (Lipinski definition) is 1. The zero-order valence-electron chi connectivity index (χ0n) is 7.97. The molecule has 0 aromatic carbocycles. The average molecular weight is 185 g/mol. The van der Waals surface area contributed by atoms with Crippen molar-refractivity contribution < 1.29 is 4.74 Å². The van der Waals surface area contributed by atoms with Crippen molar-refractivity contribution in [2.75, 3.05) is 6.61 Å². The van der Waals surface area contributed by atoms with Crippen LogP contribution in [-0.4, -0.2) is 32.9 Å². The lowest BCUT2D eigenvalue weighted by Gasteiger charge is -2.07. The minimum atomic E-state index is 0.234. The molecule has 2 N–H and O–H groups in total. The van der Waals surface area contributed by atoms with Gasteiger partial charge in [-0.2, -0.15) is 0 Å². The molecular formula is C7H15N5O. The van der Waals surface area contributed by atoms with Crippen LogP contribution in [0.25, 0.3) is 0 Å². The van der Waals surface area contributed by atoms with Gasteiger partial charge in [0, 0.05) is 0 Å². The molecule has 0 saturated heterocycles. The Bertz CT molecular complexity index is 247. The van der Waals surface area contributed by atoms with E-state index in [0.717, 1.165) is 0 Å². The molecule has 0 radical (unpaired) electrons. The zero-order valence-corrected chi connectivity index (χ0v) is 7.97. The number of nitrogens with zero attached hydrogens (tertiary/aromatic N) is 4. The van der Waals surface area contributed by atoms with E-state index in [1.165, 1.54) is 0 Å². The van der Waals surface area contributed by atoms with E-state index in [1.54, 1.807) is 4.68 Å². The summed E-state index contributed by atoms with van der Waals surface area (Å²) in [6.45, 7) is 5.59. The van der Waals surface area contributed by atoms with E-state index in [0.29, 0.717) is 25.5 Å². The summed E-state index contributed by atoms with van der Waals surface area (Å²) < 4.78 is 7.01. The molecule has 13 heavy (non-hydrogen) atoms. The molecule has 0 saturated carbocycles. The average Bonchev–Trinajstić information content (AvgIpc) is 2.51. The standard InChI is InChI=1S/C7H15N5O/c1-6(2)13-4-3-12-7(5-8)9-10-11-12/h6H,3-5,8H2,1-2H3. The van der Waals surface area contributed by atoms with Gasteiger partial charge in [0.1, 0.15) is 0 Å². The molecule has 0 aliphatic carbocycles. The molecule has 1 aromatic heterocycles. The summed E-state index contributed by atoms with van der Waals surface area (Å²) >= 11 is 0. The Hall–Kier alpha value is -1.01. The van der Waals surface area contributed by atoms with Gasteiger partial charge in [0.05, 0.1) is 25.8 Å². The summed E-state index contributed by atoms with van der Waals surface area (Å²) in [6.07, 6.45) is 0.234. The molecule has 74 valence electrons. The number of rotatable bonds is 5. The van der Waals surface area contributed by atoms with Gasteiger partial charge in [0.25, 0.3) is 0 Å². The van der Waals surface area contributed by atoms with Gasteiger partial charge in [-0.3, -0.25) is 0 Å². The maximum Gasteiger partial charge on any atom is 0.164 e. The smallest absolute Gasteiger partial charge is 0.164 e. The van der Waals surface area contributed by atoms with E-state index in [2.05, 4.69) is 15.5 Å². The highest BCUT2D eigenvalue weighted by Crippen LogP contribution is 1.92. The third-order valence-electron chi connectivity index (χ3n) is 1.54. The number of hydrogen-bond acceptors (Lipinski definition) is 5. The molecular weight excluding hydrogens is 170 g/mol. The molecule has 0 atom stereocenters. The minimum absolute atomic E-state index is 0.234. The van der Waals surface area contributed by atoms with Crippen LogP contribution < -0.4 is 5.73 Å². The van der Waals surface area contributed by atoms with Crippen LogP contribution in [0.15, 0.2) is 0 Å². The van der Waals surface area contributed by atoms with E-state index in [-0.39, 0.29) is 6.10 Å². The summed E-state index contributed by atoms with van der Waals surface area (Å²) in [5.41, 5.74) is 5.42. The second-order valence-electron chi connectivity index (χ2n) is 2.94. The molecule has 1 heterocycles. The Morgan fingerprint density at radius 1 is 1.54 bits per heavy atom. The second kappa shape index (κ2) is 4.88. The Labute approximate surface area is 77.1 Å². The van der Waals surface area contributed by atoms with E-state index in [1.807, 2.05) is 13.8 Å². The molecule has 6 heteroatoms.